The Morgan fingerprint density at radius 2 is 2.03 bits per heavy atom. The van der Waals surface area contributed by atoms with Gasteiger partial charge in [-0.05, 0) is 47.5 Å². The van der Waals surface area contributed by atoms with E-state index < -0.39 is 0 Å². The lowest BCUT2D eigenvalue weighted by molar-refractivity contribution is 0.0535. The quantitative estimate of drug-likeness (QED) is 0.541. The van der Waals surface area contributed by atoms with Crippen molar-refractivity contribution >= 4 is 29.1 Å². The number of amides is 1. The highest BCUT2D eigenvalue weighted by Crippen LogP contribution is 2.32. The number of nitrogens with one attached hydrogen (secondary N) is 3. The zero-order chi connectivity index (χ0) is 22.3. The van der Waals surface area contributed by atoms with Gasteiger partial charge in [0.15, 0.2) is 0 Å². The zero-order valence-corrected chi connectivity index (χ0v) is 18.0. The summed E-state index contributed by atoms with van der Waals surface area (Å²) in [6.07, 6.45) is 1.62. The minimum Gasteiger partial charge on any atom is -0.457 e. The van der Waals surface area contributed by atoms with Crippen molar-refractivity contribution in [3.05, 3.63) is 82.5 Å². The van der Waals surface area contributed by atoms with Gasteiger partial charge in [-0.15, -0.1) is 0 Å². The molecule has 3 aromatic rings. The monoisotopic (exact) mass is 428 g/mol. The molecule has 3 N–H and O–H groups in total. The molecule has 0 aliphatic carbocycles. The van der Waals surface area contributed by atoms with E-state index in [1.54, 1.807) is 30.5 Å². The molecule has 1 aromatic heterocycles. The molecule has 5 rings (SSSR count). The maximum absolute atomic E-state index is 13.1. The second kappa shape index (κ2) is 7.76. The van der Waals surface area contributed by atoms with Gasteiger partial charge in [-0.3, -0.25) is 4.79 Å². The first-order valence-corrected chi connectivity index (χ1v) is 10.6. The zero-order valence-electron chi connectivity index (χ0n) is 18.0. The van der Waals surface area contributed by atoms with Crippen LogP contribution in [0.25, 0.3) is 0 Å². The number of anilines is 3. The number of ether oxygens (including phenoxy) is 1. The Labute approximate surface area is 186 Å². The van der Waals surface area contributed by atoms with Gasteiger partial charge >= 0.3 is 5.97 Å². The van der Waals surface area contributed by atoms with Crippen LogP contribution in [0.2, 0.25) is 0 Å². The Morgan fingerprint density at radius 3 is 2.91 bits per heavy atom. The predicted octanol–water partition coefficient (Wildman–Crippen LogP) is 4.13. The van der Waals surface area contributed by atoms with Crippen LogP contribution in [0.4, 0.5) is 17.2 Å². The molecule has 162 valence electrons. The summed E-state index contributed by atoms with van der Waals surface area (Å²) >= 11 is 0. The van der Waals surface area contributed by atoms with Crippen molar-refractivity contribution < 1.29 is 14.3 Å². The topological polar surface area (TPSA) is 92.3 Å². The van der Waals surface area contributed by atoms with Gasteiger partial charge in [-0.25, -0.2) is 9.78 Å². The first-order valence-electron chi connectivity index (χ1n) is 10.6. The van der Waals surface area contributed by atoms with Crippen LogP contribution in [0.5, 0.6) is 0 Å². The summed E-state index contributed by atoms with van der Waals surface area (Å²) in [6, 6.07) is 14.9. The van der Waals surface area contributed by atoms with Gasteiger partial charge in [-0.1, -0.05) is 26.0 Å². The number of carbonyl (C=O) groups is 2. The summed E-state index contributed by atoms with van der Waals surface area (Å²) < 4.78 is 5.13. The number of nitrogens with zero attached hydrogens (tertiary/aromatic N) is 1. The minimum atomic E-state index is -0.340. The Balaban J connectivity index is 1.40. The molecular weight excluding hydrogens is 404 g/mol. The summed E-state index contributed by atoms with van der Waals surface area (Å²) in [6.45, 7) is 6.33. The van der Waals surface area contributed by atoms with Crippen molar-refractivity contribution in [1.29, 1.82) is 0 Å². The van der Waals surface area contributed by atoms with Gasteiger partial charge in [0.05, 0.1) is 11.1 Å². The molecule has 2 aliphatic heterocycles. The van der Waals surface area contributed by atoms with Gasteiger partial charge in [0.25, 0.3) is 5.91 Å². The number of carbonyl (C=O) groups excluding carboxylic acids is 2. The average molecular weight is 428 g/mol. The molecule has 0 spiro atoms. The van der Waals surface area contributed by atoms with Crippen LogP contribution >= 0.6 is 0 Å². The molecule has 7 nitrogen and oxygen atoms in total. The van der Waals surface area contributed by atoms with Crippen LogP contribution in [0.1, 0.15) is 51.3 Å². The lowest BCUT2D eigenvalue weighted by Crippen LogP contribution is -2.38. The lowest BCUT2D eigenvalue weighted by Gasteiger charge is -2.33. The number of esters is 1. The van der Waals surface area contributed by atoms with Crippen molar-refractivity contribution in [2.24, 2.45) is 0 Å². The number of cyclic esters (lactones) is 1. The maximum atomic E-state index is 13.1. The smallest absolute Gasteiger partial charge is 0.338 e. The van der Waals surface area contributed by atoms with Crippen molar-refractivity contribution in [3.8, 4) is 0 Å². The predicted molar refractivity (Wildman–Crippen MR) is 122 cm³/mol. The van der Waals surface area contributed by atoms with E-state index in [-0.39, 0.29) is 23.9 Å². The third kappa shape index (κ3) is 3.61. The van der Waals surface area contributed by atoms with E-state index in [0.717, 1.165) is 24.3 Å². The Hall–Kier alpha value is -3.71. The SMILES string of the molecule is CC1(C)CNCc2cc(NC(=O)c3cccnc3Nc3cccc4c3COC4=O)ccc21. The molecule has 0 atom stereocenters. The minimum absolute atomic E-state index is 0.0532. The fraction of sp³-hybridized carbons (Fsp3) is 0.240. The van der Waals surface area contributed by atoms with Crippen LogP contribution in [-0.4, -0.2) is 23.4 Å². The molecular formula is C25H24N4O3. The summed E-state index contributed by atoms with van der Waals surface area (Å²) in [5.41, 5.74) is 5.68. The van der Waals surface area contributed by atoms with Crippen LogP contribution in [0, 0.1) is 0 Å². The van der Waals surface area contributed by atoms with E-state index in [9.17, 15) is 9.59 Å². The van der Waals surface area contributed by atoms with E-state index >= 15 is 0 Å². The summed E-state index contributed by atoms with van der Waals surface area (Å²) in [5.74, 6) is -0.185. The maximum Gasteiger partial charge on any atom is 0.338 e. The number of hydrogen-bond donors (Lipinski definition) is 3. The van der Waals surface area contributed by atoms with Crippen LogP contribution < -0.4 is 16.0 Å². The molecule has 3 heterocycles. The standard InChI is InChI=1S/C25H24N4O3/c1-25(2)14-26-12-15-11-16(8-9-20(15)25)28-23(30)18-6-4-10-27-22(18)29-21-7-3-5-17-19(21)13-32-24(17)31/h3-11,26H,12-14H2,1-2H3,(H,27,29)(H,28,30). The highest BCUT2D eigenvalue weighted by Gasteiger charge is 2.27. The normalized spacial score (nSPS) is 16.0. The molecule has 0 saturated heterocycles. The third-order valence-electron chi connectivity index (χ3n) is 6.02. The fourth-order valence-corrected chi connectivity index (χ4v) is 4.36. The lowest BCUT2D eigenvalue weighted by atomic mass is 9.79. The van der Waals surface area contributed by atoms with E-state index in [4.69, 9.17) is 4.74 Å². The van der Waals surface area contributed by atoms with Gasteiger partial charge < -0.3 is 20.7 Å². The molecule has 7 heteroatoms. The van der Waals surface area contributed by atoms with Crippen LogP contribution in [0.15, 0.2) is 54.7 Å². The number of rotatable bonds is 4. The van der Waals surface area contributed by atoms with Gasteiger partial charge in [0, 0.05) is 41.6 Å². The van der Waals surface area contributed by atoms with E-state index in [2.05, 4.69) is 40.8 Å². The van der Waals surface area contributed by atoms with Gasteiger partial charge in [0.2, 0.25) is 0 Å². The van der Waals surface area contributed by atoms with E-state index in [1.807, 2.05) is 18.2 Å². The molecule has 0 radical (unpaired) electrons. The number of aromatic nitrogens is 1. The van der Waals surface area contributed by atoms with Crippen molar-refractivity contribution in [1.82, 2.24) is 10.3 Å². The molecule has 2 aromatic carbocycles. The van der Waals surface area contributed by atoms with E-state index in [1.165, 1.54) is 11.1 Å². The summed E-state index contributed by atoms with van der Waals surface area (Å²) in [4.78, 5) is 29.3. The van der Waals surface area contributed by atoms with Crippen LogP contribution in [0.3, 0.4) is 0 Å². The second-order valence-electron chi connectivity index (χ2n) is 8.75. The number of pyridine rings is 1. The molecule has 1 amide bonds. The van der Waals surface area contributed by atoms with E-state index in [0.29, 0.717) is 22.6 Å². The highest BCUT2D eigenvalue weighted by atomic mass is 16.5. The first-order chi connectivity index (χ1) is 15.4. The molecule has 0 bridgehead atoms. The number of hydrogen-bond acceptors (Lipinski definition) is 6. The molecule has 0 fully saturated rings. The van der Waals surface area contributed by atoms with Crippen molar-refractivity contribution in [2.45, 2.75) is 32.4 Å². The largest absolute Gasteiger partial charge is 0.457 e. The fourth-order valence-electron chi connectivity index (χ4n) is 4.36. The molecule has 32 heavy (non-hydrogen) atoms. The Morgan fingerprint density at radius 1 is 1.16 bits per heavy atom. The summed E-state index contributed by atoms with van der Waals surface area (Å²) in [5, 5.41) is 9.64. The summed E-state index contributed by atoms with van der Waals surface area (Å²) in [7, 11) is 0. The molecule has 0 saturated carbocycles. The second-order valence-corrected chi connectivity index (χ2v) is 8.75. The number of fused-ring (bicyclic) bond motifs is 2. The Bertz CT molecular complexity index is 1240. The van der Waals surface area contributed by atoms with Gasteiger partial charge in [-0.2, -0.15) is 0 Å². The molecule has 2 aliphatic rings. The van der Waals surface area contributed by atoms with Crippen molar-refractivity contribution in [3.63, 3.8) is 0 Å². The van der Waals surface area contributed by atoms with Crippen molar-refractivity contribution in [2.75, 3.05) is 17.2 Å². The van der Waals surface area contributed by atoms with Crippen LogP contribution in [-0.2, 0) is 23.3 Å². The highest BCUT2D eigenvalue weighted by molar-refractivity contribution is 6.08. The molecule has 0 unspecified atom stereocenters. The first kappa shape index (κ1) is 20.2. The number of benzene rings is 2. The van der Waals surface area contributed by atoms with Gasteiger partial charge in [0.1, 0.15) is 12.4 Å². The average Bonchev–Trinajstić information content (AvgIpc) is 3.16. The Kier molecular flexibility index (Phi) is 4.90. The third-order valence-corrected chi connectivity index (χ3v) is 6.02.